The molecule has 3 rings (SSSR count). The Morgan fingerprint density at radius 2 is 1.61 bits per heavy atom. The normalized spacial score (nSPS) is 13.1. The summed E-state index contributed by atoms with van der Waals surface area (Å²) in [7, 11) is 3.07. The molecule has 3 aromatic carbocycles. The average Bonchev–Trinajstić information content (AvgIpc) is 2.72. The zero-order chi connectivity index (χ0) is 20.1. The van der Waals surface area contributed by atoms with Gasteiger partial charge < -0.3 is 9.47 Å². The van der Waals surface area contributed by atoms with Gasteiger partial charge in [0.2, 0.25) is 0 Å². The van der Waals surface area contributed by atoms with Crippen LogP contribution >= 0.6 is 11.6 Å². The molecule has 0 saturated carbocycles. The summed E-state index contributed by atoms with van der Waals surface area (Å²) in [5, 5.41) is 6.24. The van der Waals surface area contributed by atoms with Gasteiger partial charge in [0.1, 0.15) is 11.3 Å². The SMILES string of the molecule is COC(=O)[C@](C)(Cc1ccc2cc(OC)ccc2c1)NCc1ccc(Cl)cc1. The fourth-order valence-electron chi connectivity index (χ4n) is 3.25. The molecule has 0 aliphatic carbocycles. The number of esters is 1. The minimum Gasteiger partial charge on any atom is -0.497 e. The van der Waals surface area contributed by atoms with Gasteiger partial charge in [0.15, 0.2) is 0 Å². The van der Waals surface area contributed by atoms with Gasteiger partial charge in [0.05, 0.1) is 14.2 Å². The highest BCUT2D eigenvalue weighted by molar-refractivity contribution is 6.30. The molecule has 0 saturated heterocycles. The molecule has 0 bridgehead atoms. The third-order valence-electron chi connectivity index (χ3n) is 4.90. The predicted molar refractivity (Wildman–Crippen MR) is 113 cm³/mol. The van der Waals surface area contributed by atoms with Crippen molar-refractivity contribution in [2.75, 3.05) is 14.2 Å². The van der Waals surface area contributed by atoms with E-state index < -0.39 is 5.54 Å². The Hall–Kier alpha value is -2.56. The fourth-order valence-corrected chi connectivity index (χ4v) is 3.38. The lowest BCUT2D eigenvalue weighted by Gasteiger charge is -2.28. The lowest BCUT2D eigenvalue weighted by Crippen LogP contribution is -2.51. The summed E-state index contributed by atoms with van der Waals surface area (Å²) in [6, 6.07) is 19.7. The first kappa shape index (κ1) is 20.2. The van der Waals surface area contributed by atoms with Crippen LogP contribution in [-0.2, 0) is 22.5 Å². The van der Waals surface area contributed by atoms with Crippen LogP contribution in [0.3, 0.4) is 0 Å². The number of hydrogen-bond donors (Lipinski definition) is 1. The molecule has 5 heteroatoms. The summed E-state index contributed by atoms with van der Waals surface area (Å²) in [6.07, 6.45) is 0.509. The summed E-state index contributed by atoms with van der Waals surface area (Å²) >= 11 is 5.95. The summed E-state index contributed by atoms with van der Waals surface area (Å²) in [6.45, 7) is 2.40. The van der Waals surface area contributed by atoms with Gasteiger partial charge >= 0.3 is 5.97 Å². The second-order valence-electron chi connectivity index (χ2n) is 7.03. The Bertz CT molecular complexity index is 971. The van der Waals surface area contributed by atoms with Gasteiger partial charge in [-0.1, -0.05) is 48.0 Å². The molecule has 0 aliphatic heterocycles. The Morgan fingerprint density at radius 1 is 0.964 bits per heavy atom. The molecule has 1 atom stereocenters. The number of rotatable bonds is 7. The molecule has 1 N–H and O–H groups in total. The van der Waals surface area contributed by atoms with Crippen LogP contribution in [0, 0.1) is 0 Å². The number of benzene rings is 3. The highest BCUT2D eigenvalue weighted by Gasteiger charge is 2.34. The summed E-state index contributed by atoms with van der Waals surface area (Å²) < 4.78 is 10.4. The molecule has 0 radical (unpaired) electrons. The van der Waals surface area contributed by atoms with E-state index in [-0.39, 0.29) is 5.97 Å². The van der Waals surface area contributed by atoms with Crippen LogP contribution in [0.5, 0.6) is 5.75 Å². The number of methoxy groups -OCH3 is 2. The van der Waals surface area contributed by atoms with Gasteiger partial charge in [0.25, 0.3) is 0 Å². The molecule has 0 aromatic heterocycles. The van der Waals surface area contributed by atoms with Crippen LogP contribution in [0.25, 0.3) is 10.8 Å². The Balaban J connectivity index is 1.81. The van der Waals surface area contributed by atoms with E-state index in [1.807, 2.05) is 61.5 Å². The molecular formula is C23H24ClNO3. The van der Waals surface area contributed by atoms with Crippen LogP contribution in [0.15, 0.2) is 60.7 Å². The number of hydrogen-bond acceptors (Lipinski definition) is 4. The van der Waals surface area contributed by atoms with Crippen LogP contribution in [0.2, 0.25) is 5.02 Å². The molecule has 3 aromatic rings. The van der Waals surface area contributed by atoms with Crippen molar-refractivity contribution in [2.24, 2.45) is 0 Å². The third kappa shape index (κ3) is 4.64. The summed E-state index contributed by atoms with van der Waals surface area (Å²) in [5.41, 5.74) is 1.24. The zero-order valence-electron chi connectivity index (χ0n) is 16.3. The van der Waals surface area contributed by atoms with Gasteiger partial charge in [0, 0.05) is 18.0 Å². The quantitative estimate of drug-likeness (QED) is 0.583. The average molecular weight is 398 g/mol. The highest BCUT2D eigenvalue weighted by Crippen LogP contribution is 2.24. The second kappa shape index (κ2) is 8.63. The van der Waals surface area contributed by atoms with E-state index in [4.69, 9.17) is 21.1 Å². The monoisotopic (exact) mass is 397 g/mol. The molecule has 0 unspecified atom stereocenters. The smallest absolute Gasteiger partial charge is 0.326 e. The number of nitrogens with one attached hydrogen (secondary N) is 1. The molecule has 0 amide bonds. The maximum absolute atomic E-state index is 12.5. The third-order valence-corrected chi connectivity index (χ3v) is 5.15. The summed E-state index contributed by atoms with van der Waals surface area (Å²) in [5.74, 6) is 0.528. The number of ether oxygens (including phenoxy) is 2. The van der Waals surface area contributed by atoms with E-state index in [1.165, 1.54) is 7.11 Å². The van der Waals surface area contributed by atoms with Crippen molar-refractivity contribution in [3.05, 3.63) is 76.8 Å². The molecule has 0 aliphatic rings. The van der Waals surface area contributed by atoms with Gasteiger partial charge in [-0.05, 0) is 53.1 Å². The van der Waals surface area contributed by atoms with Gasteiger partial charge in [-0.3, -0.25) is 10.1 Å². The Morgan fingerprint density at radius 3 is 2.29 bits per heavy atom. The van der Waals surface area contributed by atoms with Crippen molar-refractivity contribution in [3.8, 4) is 5.75 Å². The van der Waals surface area contributed by atoms with Crippen LogP contribution in [0.4, 0.5) is 0 Å². The second-order valence-corrected chi connectivity index (χ2v) is 7.46. The predicted octanol–water partition coefficient (Wildman–Crippen LogP) is 4.77. The molecule has 4 nitrogen and oxygen atoms in total. The Labute approximate surface area is 170 Å². The van der Waals surface area contributed by atoms with Crippen LogP contribution in [-0.4, -0.2) is 25.7 Å². The minimum atomic E-state index is -0.853. The van der Waals surface area contributed by atoms with Gasteiger partial charge in [-0.25, -0.2) is 0 Å². The van der Waals surface area contributed by atoms with Crippen molar-refractivity contribution in [1.82, 2.24) is 5.32 Å². The first-order valence-electron chi connectivity index (χ1n) is 9.08. The highest BCUT2D eigenvalue weighted by atomic mass is 35.5. The van der Waals surface area contributed by atoms with E-state index >= 15 is 0 Å². The standard InChI is InChI=1S/C23H24ClNO3/c1-23(22(26)28-3,25-15-16-5-9-20(24)10-6-16)14-17-4-7-19-13-21(27-2)11-8-18(19)12-17/h4-13,25H,14-15H2,1-3H3/t23-/m0/s1. The molecule has 28 heavy (non-hydrogen) atoms. The van der Waals surface area contributed by atoms with E-state index in [1.54, 1.807) is 7.11 Å². The Kier molecular flexibility index (Phi) is 6.22. The maximum Gasteiger partial charge on any atom is 0.326 e. The lowest BCUT2D eigenvalue weighted by atomic mass is 9.91. The first-order chi connectivity index (χ1) is 13.4. The van der Waals surface area contributed by atoms with Crippen LogP contribution in [0.1, 0.15) is 18.1 Å². The fraction of sp³-hybridized carbons (Fsp3) is 0.261. The van der Waals surface area contributed by atoms with Gasteiger partial charge in [-0.2, -0.15) is 0 Å². The van der Waals surface area contributed by atoms with Crippen LogP contribution < -0.4 is 10.1 Å². The lowest BCUT2D eigenvalue weighted by molar-refractivity contribution is -0.148. The molecule has 0 fully saturated rings. The number of carbonyl (C=O) groups excluding carboxylic acids is 1. The largest absolute Gasteiger partial charge is 0.497 e. The van der Waals surface area contributed by atoms with Crippen molar-refractivity contribution in [2.45, 2.75) is 25.4 Å². The van der Waals surface area contributed by atoms with Gasteiger partial charge in [-0.15, -0.1) is 0 Å². The number of carbonyl (C=O) groups is 1. The van der Waals surface area contributed by atoms with Crippen molar-refractivity contribution in [3.63, 3.8) is 0 Å². The van der Waals surface area contributed by atoms with E-state index in [0.717, 1.165) is 27.6 Å². The van der Waals surface area contributed by atoms with E-state index in [2.05, 4.69) is 11.4 Å². The summed E-state index contributed by atoms with van der Waals surface area (Å²) in [4.78, 5) is 12.5. The first-order valence-corrected chi connectivity index (χ1v) is 9.46. The minimum absolute atomic E-state index is 0.295. The number of halogens is 1. The van der Waals surface area contributed by atoms with E-state index in [0.29, 0.717) is 18.0 Å². The number of fused-ring (bicyclic) bond motifs is 1. The van der Waals surface area contributed by atoms with Crippen molar-refractivity contribution >= 4 is 28.3 Å². The molecule has 0 spiro atoms. The van der Waals surface area contributed by atoms with E-state index in [9.17, 15) is 4.79 Å². The molecule has 146 valence electrons. The molecular weight excluding hydrogens is 374 g/mol. The van der Waals surface area contributed by atoms with Crippen molar-refractivity contribution < 1.29 is 14.3 Å². The molecule has 0 heterocycles. The van der Waals surface area contributed by atoms with Crippen molar-refractivity contribution in [1.29, 1.82) is 0 Å². The maximum atomic E-state index is 12.5. The topological polar surface area (TPSA) is 47.6 Å². The zero-order valence-corrected chi connectivity index (χ0v) is 17.0.